The minimum Gasteiger partial charge on any atom is -0.480 e. The molecule has 1 atom stereocenters. The van der Waals surface area contributed by atoms with Gasteiger partial charge >= 0.3 is 5.97 Å². The highest BCUT2D eigenvalue weighted by Crippen LogP contribution is 1.86. The Morgan fingerprint density at radius 3 is 2.18 bits per heavy atom. The summed E-state index contributed by atoms with van der Waals surface area (Å²) in [5.41, 5.74) is 0. The van der Waals surface area contributed by atoms with Crippen LogP contribution in [0, 0.1) is 0 Å². The summed E-state index contributed by atoms with van der Waals surface area (Å²) in [6.45, 7) is 1.26. The molecule has 0 aromatic heterocycles. The highest BCUT2D eigenvalue weighted by molar-refractivity contribution is 7.80. The van der Waals surface area contributed by atoms with E-state index in [-0.39, 0.29) is 25.2 Å². The van der Waals surface area contributed by atoms with E-state index in [2.05, 4.69) is 17.9 Å². The van der Waals surface area contributed by atoms with Gasteiger partial charge in [-0.15, -0.1) is 0 Å². The molecule has 0 rings (SSSR count). The van der Waals surface area contributed by atoms with Crippen molar-refractivity contribution >= 4 is 38.0 Å². The van der Waals surface area contributed by atoms with E-state index in [1.807, 2.05) is 0 Å². The highest BCUT2D eigenvalue weighted by atomic mass is 32.1. The number of thiol groups is 1. The van der Waals surface area contributed by atoms with Crippen molar-refractivity contribution in [3.05, 3.63) is 0 Å². The first-order valence-corrected chi connectivity index (χ1v) is 3.32. The van der Waals surface area contributed by atoms with E-state index in [0.717, 1.165) is 0 Å². The van der Waals surface area contributed by atoms with Crippen LogP contribution < -0.4 is 5.32 Å². The lowest BCUT2D eigenvalue weighted by molar-refractivity contribution is -0.140. The number of hydrogen-bond acceptors (Lipinski definition) is 3. The average Bonchev–Trinajstić information content (AvgIpc) is 1.81. The van der Waals surface area contributed by atoms with Crippen LogP contribution in [0.3, 0.4) is 0 Å². The normalized spacial score (nSPS) is 11.1. The molecule has 0 saturated carbocycles. The molecule has 1 unspecified atom stereocenters. The average molecular weight is 197 g/mol. The molecule has 0 heterocycles. The monoisotopic (exact) mass is 197 g/mol. The summed E-state index contributed by atoms with van der Waals surface area (Å²) in [4.78, 5) is 20.5. The van der Waals surface area contributed by atoms with Gasteiger partial charge in [-0.3, -0.25) is 4.79 Å². The molecule has 0 aromatic carbocycles. The Bertz CT molecular complexity index is 151. The van der Waals surface area contributed by atoms with Crippen LogP contribution in [0.5, 0.6) is 0 Å². The number of carboxylic acid groups (broad SMARTS) is 1. The largest absolute Gasteiger partial charge is 0.480 e. The van der Waals surface area contributed by atoms with Gasteiger partial charge in [0.25, 0.3) is 0 Å². The molecule has 66 valence electrons. The summed E-state index contributed by atoms with van der Waals surface area (Å²) in [5.74, 6) is -1.32. The maximum absolute atomic E-state index is 10.3. The van der Waals surface area contributed by atoms with Gasteiger partial charge in [-0.2, -0.15) is 26.1 Å². The molecule has 6 heteroatoms. The number of rotatable bonds is 3. The van der Waals surface area contributed by atoms with Crippen molar-refractivity contribution in [2.24, 2.45) is 0 Å². The van der Waals surface area contributed by atoms with Crippen molar-refractivity contribution in [3.63, 3.8) is 0 Å². The number of nitrogens with one attached hydrogen (secondary N) is 1. The summed E-state index contributed by atoms with van der Waals surface area (Å²) < 4.78 is 0. The molecule has 0 aromatic rings. The van der Waals surface area contributed by atoms with E-state index >= 15 is 0 Å². The van der Waals surface area contributed by atoms with Gasteiger partial charge < -0.3 is 10.4 Å². The number of carboxylic acids is 1. The molecule has 0 saturated heterocycles. The van der Waals surface area contributed by atoms with E-state index in [1.165, 1.54) is 6.92 Å². The Morgan fingerprint density at radius 1 is 1.64 bits per heavy atom. The summed E-state index contributed by atoms with van der Waals surface area (Å²) in [6.07, 6.45) is 0. The molecule has 0 bridgehead atoms. The smallest absolute Gasteiger partial charge is 0.327 e. The molecule has 11 heavy (non-hydrogen) atoms. The van der Waals surface area contributed by atoms with Gasteiger partial charge in [-0.1, -0.05) is 0 Å². The van der Waals surface area contributed by atoms with Crippen molar-refractivity contribution in [1.29, 1.82) is 0 Å². The molecule has 0 aliphatic rings. The van der Waals surface area contributed by atoms with Crippen molar-refractivity contribution in [2.75, 3.05) is 5.75 Å². The van der Waals surface area contributed by atoms with Crippen LogP contribution in [0.25, 0.3) is 0 Å². The zero-order chi connectivity index (χ0) is 8.15. The van der Waals surface area contributed by atoms with Gasteiger partial charge in [0.2, 0.25) is 5.91 Å². The maximum Gasteiger partial charge on any atom is 0.327 e. The van der Waals surface area contributed by atoms with Crippen LogP contribution in [0.2, 0.25) is 0 Å². The Morgan fingerprint density at radius 2 is 2.09 bits per heavy atom. The summed E-state index contributed by atoms with van der Waals surface area (Å²) in [5, 5.41) is 10.6. The lowest BCUT2D eigenvalue weighted by atomic mass is 10.3. The molecule has 0 aliphatic carbocycles. The Hall–Kier alpha value is -0.360. The van der Waals surface area contributed by atoms with Gasteiger partial charge in [-0.05, 0) is 0 Å². The number of amides is 1. The third kappa shape index (κ3) is 6.05. The van der Waals surface area contributed by atoms with Gasteiger partial charge in [0.15, 0.2) is 0 Å². The van der Waals surface area contributed by atoms with Crippen molar-refractivity contribution in [2.45, 2.75) is 13.0 Å². The lowest BCUT2D eigenvalue weighted by Crippen LogP contribution is -2.40. The SMILES string of the molecule is CC(=O)NC(CS)C(=O)O.S. The third-order valence-electron chi connectivity index (χ3n) is 0.858. The van der Waals surface area contributed by atoms with Crippen molar-refractivity contribution < 1.29 is 14.7 Å². The molecule has 0 fully saturated rings. The summed E-state index contributed by atoms with van der Waals surface area (Å²) >= 11 is 3.73. The standard InChI is InChI=1S/C5H9NO3S.H2S/c1-3(7)6-4(2-10)5(8)9;/h4,10H,2H2,1H3,(H,6,7)(H,8,9);1H2. The zero-order valence-electron chi connectivity index (χ0n) is 6.00. The minimum absolute atomic E-state index is 0. The van der Waals surface area contributed by atoms with E-state index < -0.39 is 12.0 Å². The topological polar surface area (TPSA) is 66.4 Å². The lowest BCUT2D eigenvalue weighted by Gasteiger charge is -2.08. The molecule has 0 spiro atoms. The van der Waals surface area contributed by atoms with Gasteiger partial charge in [0.05, 0.1) is 0 Å². The molecule has 4 nitrogen and oxygen atoms in total. The minimum atomic E-state index is -1.06. The summed E-state index contributed by atoms with van der Waals surface area (Å²) in [6, 6.07) is -0.874. The van der Waals surface area contributed by atoms with Crippen LogP contribution in [-0.4, -0.2) is 28.8 Å². The number of carbonyl (C=O) groups excluding carboxylic acids is 1. The summed E-state index contributed by atoms with van der Waals surface area (Å²) in [7, 11) is 0. The van der Waals surface area contributed by atoms with Gasteiger partial charge in [-0.25, -0.2) is 4.79 Å². The first-order chi connectivity index (χ1) is 4.57. The quantitative estimate of drug-likeness (QED) is 0.540. The fourth-order valence-electron chi connectivity index (χ4n) is 0.431. The van der Waals surface area contributed by atoms with Crippen LogP contribution >= 0.6 is 26.1 Å². The maximum atomic E-state index is 10.3. The highest BCUT2D eigenvalue weighted by Gasteiger charge is 2.14. The van der Waals surface area contributed by atoms with Crippen molar-refractivity contribution in [3.8, 4) is 0 Å². The van der Waals surface area contributed by atoms with Crippen LogP contribution in [0.4, 0.5) is 0 Å². The van der Waals surface area contributed by atoms with Gasteiger partial charge in [0, 0.05) is 12.7 Å². The van der Waals surface area contributed by atoms with E-state index in [1.54, 1.807) is 0 Å². The molecule has 0 radical (unpaired) electrons. The van der Waals surface area contributed by atoms with Gasteiger partial charge in [0.1, 0.15) is 6.04 Å². The number of carbonyl (C=O) groups is 2. The molecular weight excluding hydrogens is 186 g/mol. The van der Waals surface area contributed by atoms with Crippen LogP contribution in [0.15, 0.2) is 0 Å². The van der Waals surface area contributed by atoms with Crippen molar-refractivity contribution in [1.82, 2.24) is 5.32 Å². The predicted octanol–water partition coefficient (Wildman–Crippen LogP) is -0.382. The first kappa shape index (κ1) is 13.2. The molecule has 2 N–H and O–H groups in total. The Balaban J connectivity index is 0. The zero-order valence-corrected chi connectivity index (χ0v) is 7.89. The second-order valence-electron chi connectivity index (χ2n) is 1.77. The van der Waals surface area contributed by atoms with E-state index in [0.29, 0.717) is 0 Å². The van der Waals surface area contributed by atoms with E-state index in [9.17, 15) is 9.59 Å². The second-order valence-corrected chi connectivity index (χ2v) is 2.14. The van der Waals surface area contributed by atoms with E-state index in [4.69, 9.17) is 5.11 Å². The fraction of sp³-hybridized carbons (Fsp3) is 0.600. The fourth-order valence-corrected chi connectivity index (χ4v) is 0.678. The molecule has 0 aliphatic heterocycles. The molecule has 1 amide bonds. The second kappa shape index (κ2) is 6.36. The predicted molar refractivity (Wildman–Crippen MR) is 49.5 cm³/mol. The first-order valence-electron chi connectivity index (χ1n) is 2.68. The number of hydrogen-bond donors (Lipinski definition) is 3. The number of aliphatic carboxylic acids is 1. The molecular formula is C5H11NO3S2. The van der Waals surface area contributed by atoms with Crippen LogP contribution in [-0.2, 0) is 9.59 Å². The Labute approximate surface area is 77.2 Å². The third-order valence-corrected chi connectivity index (χ3v) is 1.22. The van der Waals surface area contributed by atoms with Crippen LogP contribution in [0.1, 0.15) is 6.92 Å². The Kier molecular flexibility index (Phi) is 7.65.